The van der Waals surface area contributed by atoms with Gasteiger partial charge in [-0.05, 0) is 113 Å². The predicted octanol–water partition coefficient (Wildman–Crippen LogP) is 17.1. The molecule has 9 heteroatoms. The lowest BCUT2D eigenvalue weighted by Crippen LogP contribution is -3.00. The van der Waals surface area contributed by atoms with Crippen LogP contribution in [0.4, 0.5) is 11.4 Å². The highest BCUT2D eigenvalue weighted by molar-refractivity contribution is 6.99. The molecule has 6 rings (SSSR count). The molecular weight excluding hydrogens is 1110 g/mol. The van der Waals surface area contributed by atoms with Crippen molar-refractivity contribution in [2.45, 2.75) is 197 Å². The number of aliphatic hydroxyl groups excluding tert-OH is 1. The van der Waals surface area contributed by atoms with Crippen molar-refractivity contribution in [2.24, 2.45) is 0 Å². The molecule has 0 aromatic heterocycles. The molecule has 0 radical (unpaired) electrons. The summed E-state index contributed by atoms with van der Waals surface area (Å²) < 4.78 is 20.0. The fraction of sp³-hybridized carbons (Fsp3) is 0.500. The highest BCUT2D eigenvalue weighted by Crippen LogP contribution is 2.38. The highest BCUT2D eigenvalue weighted by Gasteiger charge is 2.50. The number of benzene rings is 6. The monoisotopic (exact) mass is 1230 g/mol. The third-order valence-electron chi connectivity index (χ3n) is 17.2. The van der Waals surface area contributed by atoms with Crippen molar-refractivity contribution in [1.82, 2.24) is 0 Å². The molecule has 0 atom stereocenters. The minimum atomic E-state index is -2.58. The Bertz CT molecular complexity index is 2720. The van der Waals surface area contributed by atoms with Crippen LogP contribution in [-0.4, -0.2) is 84.5 Å². The van der Waals surface area contributed by atoms with Crippen LogP contribution in [0.1, 0.15) is 212 Å². The maximum absolute atomic E-state index is 9.14. The van der Waals surface area contributed by atoms with E-state index in [-0.39, 0.29) is 16.3 Å². The third kappa shape index (κ3) is 25.7. The zero-order valence-corrected chi connectivity index (χ0v) is 58.9. The van der Waals surface area contributed by atoms with E-state index >= 15 is 0 Å². The number of nitrogens with zero attached hydrogens (tertiary/aromatic N) is 3. The Kier molecular flexibility index (Phi) is 37.9. The van der Waals surface area contributed by atoms with E-state index in [9.17, 15) is 0 Å². The van der Waals surface area contributed by atoms with Crippen molar-refractivity contribution in [1.29, 1.82) is 0 Å². The van der Waals surface area contributed by atoms with Gasteiger partial charge in [0.05, 0.1) is 53.6 Å². The molecule has 0 unspecified atom stereocenters. The summed E-state index contributed by atoms with van der Waals surface area (Å²) in [7, 11) is 0.919. The zero-order chi connectivity index (χ0) is 63.9. The van der Waals surface area contributed by atoms with Gasteiger partial charge >= 0.3 is 0 Å². The molecule has 0 bridgehead atoms. The molecule has 6 aromatic carbocycles. The van der Waals surface area contributed by atoms with Crippen molar-refractivity contribution in [2.75, 3.05) is 76.4 Å². The maximum Gasteiger partial charge on any atom is 0.261 e. The van der Waals surface area contributed by atoms with Crippen LogP contribution in [0, 0.1) is 0 Å². The number of hydrogen-bond donors (Lipinski definition) is 1. The number of rotatable bonds is 38. The lowest BCUT2D eigenvalue weighted by molar-refractivity contribution is -0.929. The van der Waals surface area contributed by atoms with Gasteiger partial charge in [0, 0.05) is 60.8 Å². The number of hydrogen-bond acceptors (Lipinski definition) is 6. The van der Waals surface area contributed by atoms with Crippen LogP contribution in [0.25, 0.3) is 24.3 Å². The van der Waals surface area contributed by atoms with Gasteiger partial charge in [-0.15, -0.1) is 0 Å². The molecule has 490 valence electrons. The quantitative estimate of drug-likeness (QED) is 0.0237. The first-order valence-electron chi connectivity index (χ1n) is 34.4. The Balaban J connectivity index is 0.000000391. The third-order valence-corrected chi connectivity index (χ3v) is 22.1. The van der Waals surface area contributed by atoms with E-state index in [4.69, 9.17) is 19.0 Å². The van der Waals surface area contributed by atoms with Crippen LogP contribution in [-0.2, 0) is 17.6 Å². The van der Waals surface area contributed by atoms with Crippen molar-refractivity contribution in [3.05, 3.63) is 179 Å². The molecule has 7 nitrogen and oxygen atoms in total. The highest BCUT2D eigenvalue weighted by atomic mass is 28.4. The summed E-state index contributed by atoms with van der Waals surface area (Å²) in [6, 6.07) is 51.4. The number of ether oxygens (including phenoxy) is 2. The summed E-state index contributed by atoms with van der Waals surface area (Å²) >= 11 is 0. The molecule has 0 fully saturated rings. The molecule has 1 N–H and O–H groups in total. The van der Waals surface area contributed by atoms with Crippen LogP contribution in [0.5, 0.6) is 11.5 Å². The van der Waals surface area contributed by atoms with Gasteiger partial charge in [0.25, 0.3) is 8.32 Å². The fourth-order valence-electron chi connectivity index (χ4n) is 11.6. The molecule has 0 amide bonds. The number of methoxy groups -OCH3 is 2. The molecule has 0 aliphatic carbocycles. The molecular formula is C80H120FN3O4Si. The minimum absolute atomic E-state index is 0. The first kappa shape index (κ1) is 77.3. The second-order valence-electron chi connectivity index (χ2n) is 25.2. The molecule has 6 aromatic rings. The van der Waals surface area contributed by atoms with Gasteiger partial charge in [0.15, 0.2) is 0 Å². The number of halogens is 1. The van der Waals surface area contributed by atoms with Gasteiger partial charge in [-0.25, -0.2) is 0 Å². The minimum Gasteiger partial charge on any atom is -1.00 e. The normalized spacial score (nSPS) is 11.6. The van der Waals surface area contributed by atoms with E-state index < -0.39 is 8.32 Å². The number of anilines is 2. The second kappa shape index (κ2) is 43.7. The van der Waals surface area contributed by atoms with Gasteiger partial charge in [0.1, 0.15) is 11.5 Å². The molecule has 0 saturated heterocycles. The summed E-state index contributed by atoms with van der Waals surface area (Å²) in [4.78, 5) is 4.97. The van der Waals surface area contributed by atoms with Crippen LogP contribution in [0.3, 0.4) is 0 Å². The lowest BCUT2D eigenvalue weighted by Gasteiger charge is -2.43. The summed E-state index contributed by atoms with van der Waals surface area (Å²) in [6.45, 7) is 35.9. The molecule has 0 spiro atoms. The molecule has 0 heterocycles. The van der Waals surface area contributed by atoms with Crippen LogP contribution >= 0.6 is 0 Å². The summed E-state index contributed by atoms with van der Waals surface area (Å²) in [5, 5.41) is 11.7. The number of quaternary nitrogens is 1. The number of aliphatic hydroxyl groups is 1. The van der Waals surface area contributed by atoms with Crippen molar-refractivity contribution < 1.29 is 28.2 Å². The van der Waals surface area contributed by atoms with E-state index in [2.05, 4.69) is 232 Å². The lowest BCUT2D eigenvalue weighted by atomic mass is 10.1. The van der Waals surface area contributed by atoms with E-state index in [1.807, 2.05) is 24.3 Å². The van der Waals surface area contributed by atoms with Crippen LogP contribution in [0.2, 0.25) is 5.04 Å². The van der Waals surface area contributed by atoms with Gasteiger partial charge < -0.3 is 38.0 Å². The predicted molar refractivity (Wildman–Crippen MR) is 388 cm³/mol. The van der Waals surface area contributed by atoms with Gasteiger partial charge in [-0.3, -0.25) is 0 Å². The summed E-state index contributed by atoms with van der Waals surface area (Å²) in [6.07, 6.45) is 29.2. The summed E-state index contributed by atoms with van der Waals surface area (Å²) in [5.41, 5.74) is 8.98. The molecule has 0 aliphatic heterocycles. The van der Waals surface area contributed by atoms with E-state index in [0.717, 1.165) is 65.5 Å². The van der Waals surface area contributed by atoms with E-state index in [1.165, 1.54) is 161 Å². The Morgan fingerprint density at radius 3 is 1.07 bits per heavy atom. The Morgan fingerprint density at radius 1 is 0.427 bits per heavy atom. The number of unbranched alkanes of at least 4 members (excludes halogenated alkanes) is 8. The molecule has 89 heavy (non-hydrogen) atoms. The Morgan fingerprint density at radius 2 is 0.764 bits per heavy atom. The van der Waals surface area contributed by atoms with Gasteiger partial charge in [0.2, 0.25) is 0 Å². The first-order valence-corrected chi connectivity index (χ1v) is 36.3. The Labute approximate surface area is 543 Å². The average Bonchev–Trinajstić information content (AvgIpc) is 1.83. The zero-order valence-electron chi connectivity index (χ0n) is 57.9. The summed E-state index contributed by atoms with van der Waals surface area (Å²) in [5.74, 6) is 1.81. The fourth-order valence-corrected chi connectivity index (χ4v) is 16.2. The van der Waals surface area contributed by atoms with Crippen molar-refractivity contribution >= 4 is 54.4 Å². The topological polar surface area (TPSA) is 54.4 Å². The van der Waals surface area contributed by atoms with Crippen molar-refractivity contribution in [3.63, 3.8) is 0 Å². The maximum atomic E-state index is 9.14. The van der Waals surface area contributed by atoms with Crippen LogP contribution < -0.4 is 34.4 Å². The van der Waals surface area contributed by atoms with E-state index in [0.29, 0.717) is 6.61 Å². The first-order chi connectivity index (χ1) is 42.8. The van der Waals surface area contributed by atoms with E-state index in [1.54, 1.807) is 14.2 Å². The van der Waals surface area contributed by atoms with Gasteiger partial charge in [-0.2, -0.15) is 0 Å². The van der Waals surface area contributed by atoms with Crippen LogP contribution in [0.15, 0.2) is 146 Å². The van der Waals surface area contributed by atoms with Crippen molar-refractivity contribution in [3.8, 4) is 11.5 Å². The average molecular weight is 1230 g/mol. The SMILES string of the molecule is CCCCN(CCCC)c1ccc(C=Cc2ccc(CO)cc2)c(OC)c1.CCCCN(CCCC)c1ccc(C=Cc2ccc(CO[Si](c3ccccc3)(c3ccccc3)C(C)(C)C)cc2)c(OC)c1.CCCC[N+](CCCC)(CCCC)CCCC.[F-]. The largest absolute Gasteiger partial charge is 1.00 e. The Hall–Kier alpha value is -5.97. The smallest absolute Gasteiger partial charge is 0.261 e. The standard InChI is InChI=1S/C40H51NO2Si.C24H33NO2.C16H36N.FH/c1-7-9-29-41(30-10-8-2)36-28-27-35(39(31-36)42-6)26-25-33-21-23-34(24-22-33)32-43-44(40(3,4)5,37-17-13-11-14-18-37)38-19-15-12-16-20-38;1-4-6-16-25(17-7-5-2)23-15-14-22(24(18-23)27-3)13-12-20-8-10-21(19-26)11-9-20;1-5-9-13-17(14-10-6-2,15-11-7-3)16-12-8-4;/h11-28,31H,7-10,29-30,32H2,1-6H3;8-15,18,26H,4-7,16-17,19H2,1-3H3;5-16H2,1-4H3;1H/q;;+1;/p-1. The van der Waals surface area contributed by atoms with Gasteiger partial charge in [-0.1, -0.05) is 261 Å². The second-order valence-corrected chi connectivity index (χ2v) is 29.5. The molecule has 0 aliphatic rings. The molecule has 0 saturated carbocycles.